The molecule has 0 aliphatic heterocycles. The zero-order valence-corrected chi connectivity index (χ0v) is 11.3. The van der Waals surface area contributed by atoms with E-state index in [1.165, 1.54) is 6.07 Å². The molecule has 0 aliphatic carbocycles. The number of rotatable bonds is 3. The number of halogens is 2. The largest absolute Gasteiger partial charge is 0.478 e. The molecule has 0 aliphatic rings. The van der Waals surface area contributed by atoms with Crippen molar-refractivity contribution in [3.63, 3.8) is 0 Å². The molecule has 0 saturated carbocycles. The van der Waals surface area contributed by atoms with E-state index in [1.54, 1.807) is 22.6 Å². The van der Waals surface area contributed by atoms with Gasteiger partial charge in [0.25, 0.3) is 0 Å². The van der Waals surface area contributed by atoms with Gasteiger partial charge >= 0.3 is 11.9 Å². The maximum atomic E-state index is 10.9. The zero-order valence-electron chi connectivity index (χ0n) is 7.03. The number of carbonyl (C=O) groups is 2. The lowest BCUT2D eigenvalue weighted by Gasteiger charge is -2.03. The summed E-state index contributed by atoms with van der Waals surface area (Å²) < 4.78 is 11.5. The average molecular weight is 434 g/mol. The summed E-state index contributed by atoms with van der Waals surface area (Å²) in [5.41, 5.74) is -0.305. The lowest BCUT2D eigenvalue weighted by Crippen LogP contribution is -2.06. The van der Waals surface area contributed by atoms with Crippen molar-refractivity contribution in [1.82, 2.24) is 0 Å². The van der Waals surface area contributed by atoms with Crippen LogP contribution in [0.3, 0.4) is 0 Å². The monoisotopic (exact) mass is 434 g/mol. The van der Waals surface area contributed by atoms with E-state index in [-0.39, 0.29) is 14.7 Å². The lowest BCUT2D eigenvalue weighted by atomic mass is 10.1. The van der Waals surface area contributed by atoms with Crippen molar-refractivity contribution in [1.29, 1.82) is 0 Å². The normalized spacial score (nSPS) is 9.93. The third kappa shape index (κ3) is 2.71. The Labute approximate surface area is 108 Å². The first-order valence-electron chi connectivity index (χ1n) is 3.54. The van der Waals surface area contributed by atoms with Gasteiger partial charge in [0, 0.05) is 3.57 Å². The number of hydrogen-bond donors (Lipinski definition) is 2. The van der Waals surface area contributed by atoms with Gasteiger partial charge in [-0.05, 0) is 34.7 Å². The first kappa shape index (κ1) is 12.5. The van der Waals surface area contributed by atoms with Crippen molar-refractivity contribution in [2.45, 2.75) is 0 Å². The van der Waals surface area contributed by atoms with E-state index in [0.29, 0.717) is 3.57 Å². The number of carboxylic acids is 2. The van der Waals surface area contributed by atoms with E-state index in [0.717, 1.165) is 6.07 Å². The van der Waals surface area contributed by atoms with E-state index in [1.807, 2.05) is 0 Å². The van der Waals surface area contributed by atoms with Crippen LogP contribution in [-0.4, -0.2) is 22.2 Å². The minimum absolute atomic E-state index is 0.113. The molecule has 0 unspecified atom stereocenters. The van der Waals surface area contributed by atoms with Gasteiger partial charge in [-0.25, -0.2) is 9.59 Å². The summed E-state index contributed by atoms with van der Waals surface area (Å²) in [6.07, 6.45) is 0. The van der Waals surface area contributed by atoms with Crippen molar-refractivity contribution in [2.24, 2.45) is 0 Å². The van der Waals surface area contributed by atoms with E-state index >= 15 is 0 Å². The fourth-order valence-electron chi connectivity index (χ4n) is 0.947. The number of carboxylic acid groups (broad SMARTS) is 2. The first-order valence-corrected chi connectivity index (χ1v) is 6.58. The Balaban J connectivity index is 3.52. The molecular formula is C8H4I2O5. The second-order valence-corrected chi connectivity index (χ2v) is 5.19. The maximum absolute atomic E-state index is 10.9. The average Bonchev–Trinajstić information content (AvgIpc) is 2.16. The zero-order chi connectivity index (χ0) is 11.6. The topological polar surface area (TPSA) is 91.7 Å². The highest BCUT2D eigenvalue weighted by molar-refractivity contribution is 14.2. The lowest BCUT2D eigenvalue weighted by molar-refractivity contribution is 0.0695. The quantitative estimate of drug-likeness (QED) is 0.713. The van der Waals surface area contributed by atoms with Gasteiger partial charge in [-0.15, -0.1) is 0 Å². The smallest absolute Gasteiger partial charge is 0.336 e. The van der Waals surface area contributed by atoms with Gasteiger partial charge < -0.3 is 10.2 Å². The molecule has 1 aromatic rings. The third-order valence-electron chi connectivity index (χ3n) is 1.58. The molecule has 0 fully saturated rings. The molecule has 2 N–H and O–H groups in total. The number of hydrogen-bond acceptors (Lipinski definition) is 3. The molecule has 0 aromatic heterocycles. The third-order valence-corrected chi connectivity index (χ3v) is 5.07. The fraction of sp³-hybridized carbons (Fsp3) is 0. The summed E-state index contributed by atoms with van der Waals surface area (Å²) in [5, 5.41) is 17.5. The first-order chi connectivity index (χ1) is 6.97. The highest BCUT2D eigenvalue weighted by Crippen LogP contribution is 2.24. The van der Waals surface area contributed by atoms with Crippen LogP contribution in [-0.2, 0) is 3.07 Å². The molecule has 7 heteroatoms. The Morgan fingerprint density at radius 1 is 1.20 bits per heavy atom. The molecule has 0 spiro atoms. The van der Waals surface area contributed by atoms with Gasteiger partial charge in [-0.3, -0.25) is 3.07 Å². The van der Waals surface area contributed by atoms with Crippen LogP contribution in [0, 0.1) is 7.14 Å². The standard InChI is InChI=1S/C8H4I2O5/c9-5-2-3(7(11)12)1-4(8(13)14)6(5)10-15/h1-2H,(H,11,12)(H,13,14). The van der Waals surface area contributed by atoms with E-state index in [9.17, 15) is 12.7 Å². The van der Waals surface area contributed by atoms with Crippen LogP contribution in [0.2, 0.25) is 0 Å². The Kier molecular flexibility index (Phi) is 4.13. The van der Waals surface area contributed by atoms with Crippen LogP contribution < -0.4 is 0 Å². The minimum atomic E-state index is -1.63. The predicted octanol–water partition coefficient (Wildman–Crippen LogP) is 2.17. The van der Waals surface area contributed by atoms with Gasteiger partial charge in [-0.1, -0.05) is 0 Å². The Bertz CT molecular complexity index is 455. The minimum Gasteiger partial charge on any atom is -0.478 e. The van der Waals surface area contributed by atoms with Gasteiger partial charge in [0.15, 0.2) is 21.2 Å². The molecule has 0 amide bonds. The van der Waals surface area contributed by atoms with Crippen LogP contribution in [0.5, 0.6) is 0 Å². The summed E-state index contributed by atoms with van der Waals surface area (Å²) >= 11 is 0.148. The van der Waals surface area contributed by atoms with Crippen molar-refractivity contribution < 1.29 is 22.9 Å². The highest BCUT2D eigenvalue weighted by atomic mass is 127. The van der Waals surface area contributed by atoms with Crippen LogP contribution >= 0.6 is 43.8 Å². The van der Waals surface area contributed by atoms with Crippen molar-refractivity contribution in [2.75, 3.05) is 0 Å². The molecule has 0 saturated heterocycles. The molecule has 80 valence electrons. The molecule has 5 nitrogen and oxygen atoms in total. The van der Waals surface area contributed by atoms with E-state index < -0.39 is 33.1 Å². The highest BCUT2D eigenvalue weighted by Gasteiger charge is 2.17. The molecule has 0 bridgehead atoms. The van der Waals surface area contributed by atoms with Crippen LogP contribution in [0.1, 0.15) is 20.7 Å². The SMILES string of the molecule is O=Ic1c(I)cc(C(=O)O)cc1C(=O)O. The maximum Gasteiger partial charge on any atom is 0.336 e. The Hall–Kier alpha value is -0.580. The van der Waals surface area contributed by atoms with Gasteiger partial charge in [-0.2, -0.15) is 0 Å². The second kappa shape index (κ2) is 4.96. The van der Waals surface area contributed by atoms with Gasteiger partial charge in [0.1, 0.15) is 0 Å². The van der Waals surface area contributed by atoms with Crippen LogP contribution in [0.4, 0.5) is 0 Å². The van der Waals surface area contributed by atoms with Crippen molar-refractivity contribution in [3.8, 4) is 0 Å². The van der Waals surface area contributed by atoms with Crippen molar-refractivity contribution in [3.05, 3.63) is 30.4 Å². The Morgan fingerprint density at radius 2 is 1.80 bits per heavy atom. The molecule has 0 atom stereocenters. The van der Waals surface area contributed by atoms with Crippen LogP contribution in [0.25, 0.3) is 0 Å². The Morgan fingerprint density at radius 3 is 2.20 bits per heavy atom. The summed E-state index contributed by atoms with van der Waals surface area (Å²) in [7, 11) is 0. The van der Waals surface area contributed by atoms with E-state index in [2.05, 4.69) is 0 Å². The predicted molar refractivity (Wildman–Crippen MR) is 66.5 cm³/mol. The molecule has 0 radical (unpaired) electrons. The molecular weight excluding hydrogens is 430 g/mol. The van der Waals surface area contributed by atoms with E-state index in [4.69, 9.17) is 10.2 Å². The molecule has 1 rings (SSSR count). The molecule has 15 heavy (non-hydrogen) atoms. The van der Waals surface area contributed by atoms with Gasteiger partial charge in [0.2, 0.25) is 0 Å². The van der Waals surface area contributed by atoms with Crippen LogP contribution in [0.15, 0.2) is 12.1 Å². The van der Waals surface area contributed by atoms with Gasteiger partial charge in [0.05, 0.1) is 14.7 Å². The summed E-state index contributed by atoms with van der Waals surface area (Å²) in [6.45, 7) is 0. The molecule has 1 aromatic carbocycles. The number of benzene rings is 1. The second-order valence-electron chi connectivity index (χ2n) is 2.51. The summed E-state index contributed by atoms with van der Waals surface area (Å²) in [6, 6.07) is 2.34. The fourth-order valence-corrected chi connectivity index (χ4v) is 3.12. The van der Waals surface area contributed by atoms with Crippen molar-refractivity contribution >= 4 is 55.7 Å². The summed E-state index contributed by atoms with van der Waals surface area (Å²) in [5.74, 6) is -2.47. The molecule has 0 heterocycles. The summed E-state index contributed by atoms with van der Waals surface area (Å²) in [4.78, 5) is 21.5. The number of aromatic carboxylic acids is 2.